The summed E-state index contributed by atoms with van der Waals surface area (Å²) < 4.78 is 8.82. The van der Waals surface area contributed by atoms with Crippen molar-refractivity contribution < 1.29 is 4.42 Å². The number of anilines is 3. The summed E-state index contributed by atoms with van der Waals surface area (Å²) in [4.78, 5) is 2.55. The molecule has 1 fully saturated rings. The smallest absolute Gasteiger partial charge is 0.135 e. The highest BCUT2D eigenvalue weighted by Gasteiger charge is 2.27. The third kappa shape index (κ3) is 6.56. The predicted octanol–water partition coefficient (Wildman–Crippen LogP) is 18.4. The molecule has 67 heavy (non-hydrogen) atoms. The van der Waals surface area contributed by atoms with Gasteiger partial charge in [-0.1, -0.05) is 189 Å². The number of aromatic nitrogens is 1. The fourth-order valence-electron chi connectivity index (χ4n) is 11.4. The van der Waals surface area contributed by atoms with Crippen molar-refractivity contribution in [2.45, 2.75) is 38.0 Å². The molecule has 0 bridgehead atoms. The Morgan fingerprint density at radius 3 is 1.76 bits per heavy atom. The molecule has 13 rings (SSSR count). The van der Waals surface area contributed by atoms with Gasteiger partial charge in [-0.25, -0.2) is 0 Å². The second-order valence-electron chi connectivity index (χ2n) is 18.2. The molecule has 0 amide bonds. The number of benzene rings is 10. The first-order valence-electron chi connectivity index (χ1n) is 23.9. The molecule has 2 aromatic heterocycles. The lowest BCUT2D eigenvalue weighted by Gasteiger charge is -2.32. The van der Waals surface area contributed by atoms with E-state index in [-0.39, 0.29) is 0 Å². The molecule has 1 saturated carbocycles. The summed E-state index contributed by atoms with van der Waals surface area (Å²) in [5, 5.41) is 7.37. The maximum atomic E-state index is 6.36. The molecule has 2 heterocycles. The molecule has 12 aromatic rings. The second-order valence-corrected chi connectivity index (χ2v) is 18.2. The first-order chi connectivity index (χ1) is 33.3. The van der Waals surface area contributed by atoms with Crippen molar-refractivity contribution in [3.8, 4) is 39.1 Å². The van der Waals surface area contributed by atoms with Crippen LogP contribution in [-0.2, 0) is 0 Å². The molecule has 0 atom stereocenters. The van der Waals surface area contributed by atoms with Gasteiger partial charge >= 0.3 is 0 Å². The maximum absolute atomic E-state index is 6.36. The van der Waals surface area contributed by atoms with Gasteiger partial charge in [0.05, 0.1) is 28.1 Å². The Morgan fingerprint density at radius 2 is 0.970 bits per heavy atom. The van der Waals surface area contributed by atoms with E-state index in [1.165, 1.54) is 86.9 Å². The molecule has 320 valence electrons. The van der Waals surface area contributed by atoms with Crippen molar-refractivity contribution >= 4 is 71.6 Å². The zero-order chi connectivity index (χ0) is 44.3. The maximum Gasteiger partial charge on any atom is 0.135 e. The minimum absolute atomic E-state index is 0.550. The predicted molar refractivity (Wildman–Crippen MR) is 282 cm³/mol. The van der Waals surface area contributed by atoms with E-state index in [9.17, 15) is 0 Å². The summed E-state index contributed by atoms with van der Waals surface area (Å²) >= 11 is 0. The fraction of sp³-hybridized carbons (Fsp3) is 0.0938. The van der Waals surface area contributed by atoms with Gasteiger partial charge in [0.15, 0.2) is 0 Å². The van der Waals surface area contributed by atoms with E-state index >= 15 is 0 Å². The molecule has 0 N–H and O–H groups in total. The largest absolute Gasteiger partial charge is 0.456 e. The number of rotatable bonds is 8. The number of furan rings is 1. The molecule has 0 radical (unpaired) electrons. The van der Waals surface area contributed by atoms with E-state index in [2.05, 4.69) is 228 Å². The highest BCUT2D eigenvalue weighted by Crippen LogP contribution is 2.51. The topological polar surface area (TPSA) is 21.3 Å². The third-order valence-electron chi connectivity index (χ3n) is 14.4. The van der Waals surface area contributed by atoms with Crippen LogP contribution in [0.1, 0.15) is 43.6 Å². The minimum Gasteiger partial charge on any atom is -0.456 e. The normalized spacial score (nSPS) is 13.3. The second kappa shape index (κ2) is 16.4. The van der Waals surface area contributed by atoms with E-state index < -0.39 is 0 Å². The molecule has 0 unspecified atom stereocenters. The molecule has 3 heteroatoms. The van der Waals surface area contributed by atoms with Gasteiger partial charge in [-0.15, -0.1) is 0 Å². The fourth-order valence-corrected chi connectivity index (χ4v) is 11.4. The summed E-state index contributed by atoms with van der Waals surface area (Å²) in [5.41, 5.74) is 17.2. The van der Waals surface area contributed by atoms with Gasteiger partial charge in [-0.3, -0.25) is 0 Å². The Hall–Kier alpha value is -8.14. The minimum atomic E-state index is 0.550. The van der Waals surface area contributed by atoms with Crippen molar-refractivity contribution in [3.05, 3.63) is 230 Å². The highest BCUT2D eigenvalue weighted by atomic mass is 16.3. The Morgan fingerprint density at radius 1 is 0.403 bits per heavy atom. The van der Waals surface area contributed by atoms with Gasteiger partial charge in [0, 0.05) is 49.5 Å². The lowest BCUT2D eigenvalue weighted by molar-refractivity contribution is 0.445. The summed E-state index contributed by atoms with van der Waals surface area (Å²) in [6.45, 7) is 0. The molecule has 1 aliphatic rings. The van der Waals surface area contributed by atoms with Crippen molar-refractivity contribution in [1.82, 2.24) is 4.57 Å². The van der Waals surface area contributed by atoms with Crippen molar-refractivity contribution in [3.63, 3.8) is 0 Å². The average Bonchev–Trinajstić information content (AvgIpc) is 3.95. The summed E-state index contributed by atoms with van der Waals surface area (Å²) in [6.07, 6.45) is 6.39. The van der Waals surface area contributed by atoms with Gasteiger partial charge < -0.3 is 13.9 Å². The van der Waals surface area contributed by atoms with Crippen molar-refractivity contribution in [1.29, 1.82) is 0 Å². The third-order valence-corrected chi connectivity index (χ3v) is 14.4. The SMILES string of the molecule is c1ccc(-n2c3ccccc3c3cccc(-c4ccccc4N(c4ccccc4-c4ccc5oc6ccccc6c5c4)c4ccccc4-c4cccc5cccc(C6CCCCC6)c45)c32)cc1. The highest BCUT2D eigenvalue weighted by molar-refractivity contribution is 6.15. The average molecular weight is 861 g/mol. The van der Waals surface area contributed by atoms with Crippen LogP contribution in [0.4, 0.5) is 17.1 Å². The van der Waals surface area contributed by atoms with Crippen LogP contribution in [0.25, 0.3) is 93.6 Å². The Kier molecular flexibility index (Phi) is 9.60. The molecule has 10 aromatic carbocycles. The molecule has 0 spiro atoms. The monoisotopic (exact) mass is 860 g/mol. The quantitative estimate of drug-likeness (QED) is 0.152. The van der Waals surface area contributed by atoms with Crippen LogP contribution >= 0.6 is 0 Å². The van der Waals surface area contributed by atoms with Gasteiger partial charge in [-0.2, -0.15) is 0 Å². The van der Waals surface area contributed by atoms with Gasteiger partial charge in [0.25, 0.3) is 0 Å². The lowest BCUT2D eigenvalue weighted by atomic mass is 9.80. The molecule has 0 aliphatic heterocycles. The van der Waals surface area contributed by atoms with Crippen LogP contribution in [0.2, 0.25) is 0 Å². The van der Waals surface area contributed by atoms with E-state index in [1.54, 1.807) is 0 Å². The molecule has 0 saturated heterocycles. The summed E-state index contributed by atoms with van der Waals surface area (Å²) in [6, 6.07) is 82.5. The van der Waals surface area contributed by atoms with Crippen LogP contribution in [0.5, 0.6) is 0 Å². The summed E-state index contributed by atoms with van der Waals surface area (Å²) in [7, 11) is 0. The Bertz CT molecular complexity index is 3810. The number of hydrogen-bond donors (Lipinski definition) is 0. The van der Waals surface area contributed by atoms with Crippen molar-refractivity contribution in [2.24, 2.45) is 0 Å². The summed E-state index contributed by atoms with van der Waals surface area (Å²) in [5.74, 6) is 0.550. The van der Waals surface area contributed by atoms with Crippen molar-refractivity contribution in [2.75, 3.05) is 4.90 Å². The molecular weight excluding hydrogens is 813 g/mol. The van der Waals surface area contributed by atoms with Gasteiger partial charge in [0.2, 0.25) is 0 Å². The van der Waals surface area contributed by atoms with Crippen LogP contribution in [-0.4, -0.2) is 4.57 Å². The van der Waals surface area contributed by atoms with Crippen LogP contribution < -0.4 is 4.90 Å². The number of para-hydroxylation sites is 7. The van der Waals surface area contributed by atoms with Crippen LogP contribution in [0, 0.1) is 0 Å². The van der Waals surface area contributed by atoms with Gasteiger partial charge in [0.1, 0.15) is 11.2 Å². The first-order valence-corrected chi connectivity index (χ1v) is 23.9. The molecule has 1 aliphatic carbocycles. The number of hydrogen-bond acceptors (Lipinski definition) is 2. The lowest BCUT2D eigenvalue weighted by Crippen LogP contribution is -2.14. The zero-order valence-electron chi connectivity index (χ0n) is 37.3. The van der Waals surface area contributed by atoms with E-state index in [0.29, 0.717) is 5.92 Å². The van der Waals surface area contributed by atoms with Crippen LogP contribution in [0.15, 0.2) is 229 Å². The van der Waals surface area contributed by atoms with E-state index in [4.69, 9.17) is 4.42 Å². The molecule has 3 nitrogen and oxygen atoms in total. The standard InChI is InChI=1S/C64H48N2O/c1-3-20-43(21-4-1)48-31-17-22-44-23-18-32-53(63(44)48)49-27-8-14-37-59(49)66(57-35-12-7-26-47(57)45-40-41-62-56(42-45)52-30-11-16-39-61(52)67-62)60-38-15-10-29-51(60)55-34-19-33-54-50-28-9-13-36-58(50)65(64(54)55)46-24-5-2-6-25-46/h2,5-19,22-43H,1,3-4,20-21H2. The van der Waals surface area contributed by atoms with Gasteiger partial charge in [-0.05, 0) is 101 Å². The number of fused-ring (bicyclic) bond motifs is 7. The zero-order valence-corrected chi connectivity index (χ0v) is 37.3. The van der Waals surface area contributed by atoms with E-state index in [0.717, 1.165) is 61.4 Å². The Balaban J connectivity index is 1.10. The first kappa shape index (κ1) is 39.2. The Labute approximate surface area is 390 Å². The van der Waals surface area contributed by atoms with Crippen LogP contribution in [0.3, 0.4) is 0 Å². The number of nitrogens with zero attached hydrogens (tertiary/aromatic N) is 2. The van der Waals surface area contributed by atoms with E-state index in [1.807, 2.05) is 6.07 Å². The molecular formula is C64H48N2O.